The zero-order chi connectivity index (χ0) is 13.7. The first-order valence-electron chi connectivity index (χ1n) is 6.15. The molecule has 2 rings (SSSR count). The first-order chi connectivity index (χ1) is 9.16. The number of nitrogens with zero attached hydrogens (tertiary/aromatic N) is 1. The van der Waals surface area contributed by atoms with Gasteiger partial charge in [-0.2, -0.15) is 0 Å². The predicted molar refractivity (Wildman–Crippen MR) is 72.0 cm³/mol. The highest BCUT2D eigenvalue weighted by atomic mass is 16.6. The molecule has 1 aromatic heterocycles. The lowest BCUT2D eigenvalue weighted by Gasteiger charge is -2.04. The van der Waals surface area contributed by atoms with Crippen molar-refractivity contribution in [2.75, 3.05) is 6.54 Å². The summed E-state index contributed by atoms with van der Waals surface area (Å²) in [4.78, 5) is 10.5. The fourth-order valence-electron chi connectivity index (χ4n) is 1.92. The van der Waals surface area contributed by atoms with Gasteiger partial charge in [-0.15, -0.1) is 0 Å². The van der Waals surface area contributed by atoms with Crippen LogP contribution >= 0.6 is 0 Å². The third-order valence-corrected chi connectivity index (χ3v) is 2.85. The molecule has 0 saturated carbocycles. The summed E-state index contributed by atoms with van der Waals surface area (Å²) in [5, 5.41) is 14.1. The number of benzene rings is 1. The minimum atomic E-state index is -0.342. The fourth-order valence-corrected chi connectivity index (χ4v) is 1.92. The Balaban J connectivity index is 1.84. The van der Waals surface area contributed by atoms with Crippen LogP contribution in [-0.2, 0) is 13.0 Å². The van der Waals surface area contributed by atoms with Crippen molar-refractivity contribution in [2.45, 2.75) is 19.9 Å². The average Bonchev–Trinajstić information content (AvgIpc) is 2.81. The molecule has 5 heteroatoms. The molecule has 0 spiro atoms. The number of furan rings is 1. The van der Waals surface area contributed by atoms with Crippen LogP contribution in [0.25, 0.3) is 0 Å². The third kappa shape index (κ3) is 3.66. The van der Waals surface area contributed by atoms with Crippen molar-refractivity contribution >= 4 is 5.69 Å². The van der Waals surface area contributed by atoms with E-state index < -0.39 is 0 Å². The molecule has 0 saturated heterocycles. The van der Waals surface area contributed by atoms with Gasteiger partial charge in [0.05, 0.1) is 11.5 Å². The van der Waals surface area contributed by atoms with Gasteiger partial charge < -0.3 is 9.73 Å². The fraction of sp³-hybridized carbons (Fsp3) is 0.286. The molecular formula is C14H16N2O3. The molecular weight excluding hydrogens is 244 g/mol. The van der Waals surface area contributed by atoms with Crippen molar-refractivity contribution in [2.24, 2.45) is 0 Å². The van der Waals surface area contributed by atoms with Crippen LogP contribution in [0.3, 0.4) is 0 Å². The first-order valence-corrected chi connectivity index (χ1v) is 6.15. The van der Waals surface area contributed by atoms with Crippen molar-refractivity contribution in [3.05, 3.63) is 63.6 Å². The zero-order valence-electron chi connectivity index (χ0n) is 10.8. The van der Waals surface area contributed by atoms with Crippen LogP contribution in [0.2, 0.25) is 0 Å². The van der Waals surface area contributed by atoms with Crippen LogP contribution in [-0.4, -0.2) is 11.5 Å². The van der Waals surface area contributed by atoms with Gasteiger partial charge in [-0.25, -0.2) is 0 Å². The van der Waals surface area contributed by atoms with Crippen molar-refractivity contribution in [1.82, 2.24) is 5.32 Å². The summed E-state index contributed by atoms with van der Waals surface area (Å²) in [6.45, 7) is 3.20. The number of nitro benzene ring substituents is 1. The van der Waals surface area contributed by atoms with E-state index in [0.717, 1.165) is 17.1 Å². The summed E-state index contributed by atoms with van der Waals surface area (Å²) in [5.74, 6) is 1.76. The van der Waals surface area contributed by atoms with Crippen LogP contribution < -0.4 is 5.32 Å². The molecule has 19 heavy (non-hydrogen) atoms. The minimum absolute atomic E-state index is 0.179. The maximum Gasteiger partial charge on any atom is 0.272 e. The average molecular weight is 260 g/mol. The molecule has 5 nitrogen and oxygen atoms in total. The highest BCUT2D eigenvalue weighted by molar-refractivity contribution is 5.39. The first kappa shape index (κ1) is 13.3. The molecule has 0 amide bonds. The van der Waals surface area contributed by atoms with Gasteiger partial charge in [0.15, 0.2) is 0 Å². The number of hydrogen-bond acceptors (Lipinski definition) is 4. The Bertz CT molecular complexity index is 563. The highest BCUT2D eigenvalue weighted by Gasteiger charge is 2.11. The normalized spacial score (nSPS) is 10.6. The molecule has 1 heterocycles. The van der Waals surface area contributed by atoms with Gasteiger partial charge in [-0.05, 0) is 32.0 Å². The lowest BCUT2D eigenvalue weighted by molar-refractivity contribution is -0.385. The lowest BCUT2D eigenvalue weighted by Crippen LogP contribution is -2.16. The van der Waals surface area contributed by atoms with E-state index in [1.54, 1.807) is 12.1 Å². The van der Waals surface area contributed by atoms with Crippen LogP contribution in [0, 0.1) is 17.0 Å². The molecule has 0 radical (unpaired) electrons. The van der Waals surface area contributed by atoms with Gasteiger partial charge in [0.25, 0.3) is 5.69 Å². The van der Waals surface area contributed by atoms with Crippen molar-refractivity contribution in [3.8, 4) is 0 Å². The molecule has 0 bridgehead atoms. The minimum Gasteiger partial charge on any atom is -0.465 e. The Morgan fingerprint density at radius 1 is 1.26 bits per heavy atom. The van der Waals surface area contributed by atoms with Crippen LogP contribution in [0.15, 0.2) is 40.8 Å². The van der Waals surface area contributed by atoms with E-state index in [-0.39, 0.29) is 10.6 Å². The van der Waals surface area contributed by atoms with Crippen molar-refractivity contribution in [1.29, 1.82) is 0 Å². The molecule has 0 fully saturated rings. The van der Waals surface area contributed by atoms with Crippen LogP contribution in [0.5, 0.6) is 0 Å². The summed E-state index contributed by atoms with van der Waals surface area (Å²) >= 11 is 0. The number of aryl methyl sites for hydroxylation is 1. The van der Waals surface area contributed by atoms with Gasteiger partial charge in [0.1, 0.15) is 11.5 Å². The molecule has 1 aromatic carbocycles. The van der Waals surface area contributed by atoms with Crippen molar-refractivity contribution < 1.29 is 9.34 Å². The summed E-state index contributed by atoms with van der Waals surface area (Å²) in [6.07, 6.45) is 0.622. The second kappa shape index (κ2) is 6.15. The van der Waals surface area contributed by atoms with E-state index in [0.29, 0.717) is 19.5 Å². The number of para-hydroxylation sites is 1. The maximum absolute atomic E-state index is 10.8. The van der Waals surface area contributed by atoms with Gasteiger partial charge in [0, 0.05) is 11.6 Å². The van der Waals surface area contributed by atoms with Crippen LogP contribution in [0.4, 0.5) is 5.69 Å². The van der Waals surface area contributed by atoms with E-state index in [9.17, 15) is 10.1 Å². The molecule has 2 aromatic rings. The summed E-state index contributed by atoms with van der Waals surface area (Å²) in [5.41, 5.74) is 0.925. The monoisotopic (exact) mass is 260 g/mol. The number of nitrogens with one attached hydrogen (secondary N) is 1. The molecule has 0 unspecified atom stereocenters. The van der Waals surface area contributed by atoms with E-state index in [2.05, 4.69) is 5.32 Å². The standard InChI is InChI=1S/C14H16N2O3/c1-11-6-7-13(19-11)10-15-9-8-12-4-2-3-5-14(12)16(17)18/h2-7,15H,8-10H2,1H3. The molecule has 0 aliphatic rings. The van der Waals surface area contributed by atoms with E-state index in [1.165, 1.54) is 6.07 Å². The Labute approximate surface area is 111 Å². The second-order valence-electron chi connectivity index (χ2n) is 4.32. The summed E-state index contributed by atoms with van der Waals surface area (Å²) < 4.78 is 5.43. The lowest BCUT2D eigenvalue weighted by atomic mass is 10.1. The van der Waals surface area contributed by atoms with Gasteiger partial charge in [-0.3, -0.25) is 10.1 Å². The largest absolute Gasteiger partial charge is 0.465 e. The topological polar surface area (TPSA) is 68.3 Å². The second-order valence-corrected chi connectivity index (χ2v) is 4.32. The van der Waals surface area contributed by atoms with E-state index in [4.69, 9.17) is 4.42 Å². The van der Waals surface area contributed by atoms with Crippen LogP contribution in [0.1, 0.15) is 17.1 Å². The summed E-state index contributed by atoms with van der Waals surface area (Å²) in [6, 6.07) is 10.7. The maximum atomic E-state index is 10.8. The molecule has 0 atom stereocenters. The molecule has 0 aliphatic heterocycles. The van der Waals surface area contributed by atoms with Gasteiger partial charge in [0.2, 0.25) is 0 Å². The van der Waals surface area contributed by atoms with E-state index >= 15 is 0 Å². The van der Waals surface area contributed by atoms with E-state index in [1.807, 2.05) is 25.1 Å². The summed E-state index contributed by atoms with van der Waals surface area (Å²) in [7, 11) is 0. The van der Waals surface area contributed by atoms with Gasteiger partial charge >= 0.3 is 0 Å². The predicted octanol–water partition coefficient (Wildman–Crippen LogP) is 2.83. The molecule has 0 aliphatic carbocycles. The Hall–Kier alpha value is -2.14. The Kier molecular flexibility index (Phi) is 4.30. The van der Waals surface area contributed by atoms with Gasteiger partial charge in [-0.1, -0.05) is 18.2 Å². The van der Waals surface area contributed by atoms with Crippen molar-refractivity contribution in [3.63, 3.8) is 0 Å². The molecule has 1 N–H and O–H groups in total. The third-order valence-electron chi connectivity index (χ3n) is 2.85. The number of rotatable bonds is 6. The number of hydrogen-bond donors (Lipinski definition) is 1. The smallest absolute Gasteiger partial charge is 0.272 e. The Morgan fingerprint density at radius 3 is 2.74 bits per heavy atom. The molecule has 100 valence electrons. The quantitative estimate of drug-likeness (QED) is 0.492. The highest BCUT2D eigenvalue weighted by Crippen LogP contribution is 2.17. The number of nitro groups is 1. The zero-order valence-corrected chi connectivity index (χ0v) is 10.8. The SMILES string of the molecule is Cc1ccc(CNCCc2ccccc2[N+](=O)[O-])o1. The Morgan fingerprint density at radius 2 is 2.05 bits per heavy atom.